The van der Waals surface area contributed by atoms with E-state index >= 15 is 0 Å². The Morgan fingerprint density at radius 1 is 1.33 bits per heavy atom. The third-order valence-electron chi connectivity index (χ3n) is 1.76. The first-order chi connectivity index (χ1) is 6.73. The van der Waals surface area contributed by atoms with Crippen molar-refractivity contribution >= 4 is 0 Å². The van der Waals surface area contributed by atoms with Gasteiger partial charge < -0.3 is 10.1 Å². The van der Waals surface area contributed by atoms with Gasteiger partial charge in [-0.3, -0.25) is 0 Å². The van der Waals surface area contributed by atoms with Gasteiger partial charge in [0.2, 0.25) is 0 Å². The molecule has 0 bridgehead atoms. The average Bonchev–Trinajstić information content (AvgIpc) is 2.09. The predicted octanol–water partition coefficient (Wildman–Crippen LogP) is 2.51. The molecular formula is C10H18F3NO. The highest BCUT2D eigenvalue weighted by Gasteiger charge is 2.36. The number of alkyl halides is 3. The zero-order chi connectivity index (χ0) is 12.1. The summed E-state index contributed by atoms with van der Waals surface area (Å²) in [6.45, 7) is 8.92. The number of hydrogen-bond donors (Lipinski definition) is 1. The summed E-state index contributed by atoms with van der Waals surface area (Å²) in [5.74, 6) is 0. The topological polar surface area (TPSA) is 21.3 Å². The maximum atomic E-state index is 12.0. The zero-order valence-corrected chi connectivity index (χ0v) is 9.32. The molecule has 1 atom stereocenters. The molecule has 0 heterocycles. The quantitative estimate of drug-likeness (QED) is 0.701. The SMILES string of the molecule is C=C(CNC(C)C)COC(C)C(F)(F)F. The van der Waals surface area contributed by atoms with Gasteiger partial charge in [0.05, 0.1) is 6.61 Å². The summed E-state index contributed by atoms with van der Waals surface area (Å²) in [5.41, 5.74) is 0.611. The number of nitrogens with one attached hydrogen (secondary N) is 1. The van der Waals surface area contributed by atoms with E-state index in [9.17, 15) is 13.2 Å². The standard InChI is InChI=1S/C10H18F3NO/c1-7(2)14-5-8(3)6-15-9(4)10(11,12)13/h7,9,14H,3,5-6H2,1-2,4H3. The first-order valence-corrected chi connectivity index (χ1v) is 4.81. The minimum Gasteiger partial charge on any atom is -0.365 e. The molecule has 5 heteroatoms. The molecule has 0 radical (unpaired) electrons. The first-order valence-electron chi connectivity index (χ1n) is 4.81. The smallest absolute Gasteiger partial charge is 0.365 e. The van der Waals surface area contributed by atoms with E-state index in [0.29, 0.717) is 12.1 Å². The Morgan fingerprint density at radius 2 is 1.87 bits per heavy atom. The van der Waals surface area contributed by atoms with Crippen LogP contribution >= 0.6 is 0 Å². The number of ether oxygens (including phenoxy) is 1. The molecule has 0 aromatic heterocycles. The lowest BCUT2D eigenvalue weighted by molar-refractivity contribution is -0.211. The van der Waals surface area contributed by atoms with E-state index in [1.165, 1.54) is 0 Å². The van der Waals surface area contributed by atoms with E-state index in [1.54, 1.807) is 0 Å². The zero-order valence-electron chi connectivity index (χ0n) is 9.32. The van der Waals surface area contributed by atoms with Gasteiger partial charge in [-0.25, -0.2) is 0 Å². The third kappa shape index (κ3) is 7.39. The van der Waals surface area contributed by atoms with E-state index in [0.717, 1.165) is 6.92 Å². The van der Waals surface area contributed by atoms with Crippen LogP contribution in [0.25, 0.3) is 0 Å². The largest absolute Gasteiger partial charge is 0.414 e. The molecule has 0 amide bonds. The van der Waals surface area contributed by atoms with E-state index in [4.69, 9.17) is 0 Å². The highest BCUT2D eigenvalue weighted by atomic mass is 19.4. The highest BCUT2D eigenvalue weighted by Crippen LogP contribution is 2.22. The molecule has 0 aliphatic rings. The summed E-state index contributed by atoms with van der Waals surface area (Å²) in [6.07, 6.45) is -6.04. The molecule has 2 nitrogen and oxygen atoms in total. The molecule has 0 rings (SSSR count). The number of rotatable bonds is 6. The fourth-order valence-electron chi connectivity index (χ4n) is 0.737. The Hall–Kier alpha value is -0.550. The van der Waals surface area contributed by atoms with Gasteiger partial charge >= 0.3 is 6.18 Å². The molecule has 0 aromatic carbocycles. The van der Waals surface area contributed by atoms with E-state index < -0.39 is 12.3 Å². The predicted molar refractivity (Wildman–Crippen MR) is 53.7 cm³/mol. The van der Waals surface area contributed by atoms with Crippen molar-refractivity contribution in [2.75, 3.05) is 13.2 Å². The van der Waals surface area contributed by atoms with Crippen molar-refractivity contribution < 1.29 is 17.9 Å². The van der Waals surface area contributed by atoms with Crippen molar-refractivity contribution in [3.63, 3.8) is 0 Å². The van der Waals surface area contributed by atoms with Crippen LogP contribution in [0, 0.1) is 0 Å². The molecule has 0 spiro atoms. The van der Waals surface area contributed by atoms with Crippen LogP contribution in [0.2, 0.25) is 0 Å². The van der Waals surface area contributed by atoms with Crippen LogP contribution in [0.15, 0.2) is 12.2 Å². The van der Waals surface area contributed by atoms with Crippen molar-refractivity contribution in [3.8, 4) is 0 Å². The van der Waals surface area contributed by atoms with Crippen LogP contribution in [0.5, 0.6) is 0 Å². The van der Waals surface area contributed by atoms with Gasteiger partial charge in [-0.1, -0.05) is 20.4 Å². The van der Waals surface area contributed by atoms with Crippen molar-refractivity contribution in [1.82, 2.24) is 5.32 Å². The van der Waals surface area contributed by atoms with Crippen molar-refractivity contribution in [3.05, 3.63) is 12.2 Å². The Balaban J connectivity index is 3.72. The summed E-state index contributed by atoms with van der Waals surface area (Å²) >= 11 is 0. The van der Waals surface area contributed by atoms with Crippen LogP contribution in [0.1, 0.15) is 20.8 Å². The third-order valence-corrected chi connectivity index (χ3v) is 1.76. The Bertz CT molecular complexity index is 201. The summed E-state index contributed by atoms with van der Waals surface area (Å²) in [5, 5.41) is 3.05. The molecule has 0 fully saturated rings. The minimum absolute atomic E-state index is 0.0691. The van der Waals surface area contributed by atoms with Gasteiger partial charge in [-0.2, -0.15) is 13.2 Å². The van der Waals surface area contributed by atoms with Crippen LogP contribution in [-0.2, 0) is 4.74 Å². The molecule has 0 saturated heterocycles. The van der Waals surface area contributed by atoms with Crippen LogP contribution < -0.4 is 5.32 Å². The molecule has 0 saturated carbocycles. The van der Waals surface area contributed by atoms with Gasteiger partial charge in [-0.15, -0.1) is 0 Å². The minimum atomic E-state index is -4.30. The summed E-state index contributed by atoms with van der Waals surface area (Å²) in [6, 6.07) is 0.279. The maximum absolute atomic E-state index is 12.0. The van der Waals surface area contributed by atoms with Crippen molar-refractivity contribution in [2.24, 2.45) is 0 Å². The van der Waals surface area contributed by atoms with Crippen molar-refractivity contribution in [1.29, 1.82) is 0 Å². The van der Waals surface area contributed by atoms with E-state index in [-0.39, 0.29) is 12.6 Å². The summed E-state index contributed by atoms with van der Waals surface area (Å²) in [4.78, 5) is 0. The molecule has 0 aliphatic heterocycles. The Kier molecular flexibility index (Phi) is 5.90. The summed E-state index contributed by atoms with van der Waals surface area (Å²) < 4.78 is 40.8. The normalized spacial score (nSPS) is 14.3. The van der Waals surface area contributed by atoms with E-state index in [1.807, 2.05) is 13.8 Å². The molecular weight excluding hydrogens is 207 g/mol. The Labute approximate surface area is 88.5 Å². The lowest BCUT2D eigenvalue weighted by atomic mass is 10.3. The molecule has 1 N–H and O–H groups in total. The second kappa shape index (κ2) is 6.12. The van der Waals surface area contributed by atoms with Gasteiger partial charge in [0.15, 0.2) is 6.10 Å². The van der Waals surface area contributed by atoms with Gasteiger partial charge in [0.1, 0.15) is 0 Å². The van der Waals surface area contributed by atoms with E-state index in [2.05, 4.69) is 16.6 Å². The van der Waals surface area contributed by atoms with Gasteiger partial charge in [0, 0.05) is 12.6 Å². The number of hydrogen-bond acceptors (Lipinski definition) is 2. The lowest BCUT2D eigenvalue weighted by Gasteiger charge is -2.17. The average molecular weight is 225 g/mol. The lowest BCUT2D eigenvalue weighted by Crippen LogP contribution is -2.31. The summed E-state index contributed by atoms with van der Waals surface area (Å²) in [7, 11) is 0. The monoisotopic (exact) mass is 225 g/mol. The van der Waals surface area contributed by atoms with Crippen LogP contribution in [0.4, 0.5) is 13.2 Å². The first kappa shape index (κ1) is 14.5. The Morgan fingerprint density at radius 3 is 2.27 bits per heavy atom. The van der Waals surface area contributed by atoms with Gasteiger partial charge in [-0.05, 0) is 12.5 Å². The number of halogens is 3. The van der Waals surface area contributed by atoms with Crippen molar-refractivity contribution in [2.45, 2.75) is 39.1 Å². The molecule has 0 aromatic rings. The molecule has 15 heavy (non-hydrogen) atoms. The van der Waals surface area contributed by atoms with Crippen LogP contribution in [0.3, 0.4) is 0 Å². The molecule has 0 aliphatic carbocycles. The van der Waals surface area contributed by atoms with Crippen LogP contribution in [-0.4, -0.2) is 31.5 Å². The van der Waals surface area contributed by atoms with Gasteiger partial charge in [0.25, 0.3) is 0 Å². The second-order valence-corrected chi connectivity index (χ2v) is 3.78. The highest BCUT2D eigenvalue weighted by molar-refractivity contribution is 4.97. The molecule has 90 valence electrons. The fourth-order valence-corrected chi connectivity index (χ4v) is 0.737. The second-order valence-electron chi connectivity index (χ2n) is 3.78. The fraction of sp³-hybridized carbons (Fsp3) is 0.800. The molecule has 1 unspecified atom stereocenters. The maximum Gasteiger partial charge on any atom is 0.414 e.